The molecule has 1 atom stereocenters. The van der Waals surface area contributed by atoms with E-state index < -0.39 is 5.37 Å². The van der Waals surface area contributed by atoms with E-state index in [2.05, 4.69) is 16.4 Å². The van der Waals surface area contributed by atoms with Crippen molar-refractivity contribution in [1.29, 1.82) is 0 Å². The summed E-state index contributed by atoms with van der Waals surface area (Å²) in [6, 6.07) is 6.14. The normalized spacial score (nSPS) is 18.1. The number of carbonyl (C=O) groups is 1. The second kappa shape index (κ2) is 5.61. The van der Waals surface area contributed by atoms with Gasteiger partial charge in [-0.1, -0.05) is 6.07 Å². The number of aryl methyl sites for hydroxylation is 1. The molecule has 0 spiro atoms. The molecule has 4 nitrogen and oxygen atoms in total. The van der Waals surface area contributed by atoms with Gasteiger partial charge in [0, 0.05) is 14.1 Å². The van der Waals surface area contributed by atoms with Crippen molar-refractivity contribution in [2.75, 3.05) is 14.1 Å². The van der Waals surface area contributed by atoms with Gasteiger partial charge in [0.15, 0.2) is 0 Å². The highest BCUT2D eigenvalue weighted by atomic mass is 35.5. The van der Waals surface area contributed by atoms with Crippen LogP contribution in [0, 0.1) is 0 Å². The van der Waals surface area contributed by atoms with Crippen LogP contribution in [-0.2, 0) is 6.42 Å². The summed E-state index contributed by atoms with van der Waals surface area (Å²) in [6.07, 6.45) is 1.86. The van der Waals surface area contributed by atoms with Crippen LogP contribution < -0.4 is 5.32 Å². The van der Waals surface area contributed by atoms with Crippen molar-refractivity contribution < 1.29 is 4.79 Å². The van der Waals surface area contributed by atoms with E-state index in [0.717, 1.165) is 29.9 Å². The predicted molar refractivity (Wildman–Crippen MR) is 78.3 cm³/mol. The van der Waals surface area contributed by atoms with E-state index >= 15 is 0 Å². The van der Waals surface area contributed by atoms with E-state index in [1.807, 2.05) is 38.1 Å². The zero-order valence-electron chi connectivity index (χ0n) is 11.4. The van der Waals surface area contributed by atoms with E-state index in [0.29, 0.717) is 0 Å². The summed E-state index contributed by atoms with van der Waals surface area (Å²) in [6.45, 7) is 1.96. The van der Waals surface area contributed by atoms with Crippen molar-refractivity contribution >= 4 is 28.5 Å². The molecule has 1 aliphatic carbocycles. The fraction of sp³-hybridized carbons (Fsp3) is 0.429. The van der Waals surface area contributed by atoms with Crippen LogP contribution in [0.5, 0.6) is 0 Å². The number of amidine groups is 1. The van der Waals surface area contributed by atoms with Crippen LogP contribution >= 0.6 is 11.6 Å². The molecule has 0 aromatic heterocycles. The summed E-state index contributed by atoms with van der Waals surface area (Å²) in [7, 11) is 3.92. The first-order valence-electron chi connectivity index (χ1n) is 6.29. The van der Waals surface area contributed by atoms with Crippen LogP contribution in [0.1, 0.15) is 30.5 Å². The molecule has 0 heterocycles. The number of benzene rings is 1. The molecule has 0 aliphatic heterocycles. The summed E-state index contributed by atoms with van der Waals surface area (Å²) in [4.78, 5) is 17.5. The molecule has 102 valence electrons. The summed E-state index contributed by atoms with van der Waals surface area (Å²) >= 11 is 5.41. The van der Waals surface area contributed by atoms with Crippen molar-refractivity contribution in [3.05, 3.63) is 29.3 Å². The second-order valence-corrected chi connectivity index (χ2v) is 5.29. The molecule has 2 rings (SSSR count). The summed E-state index contributed by atoms with van der Waals surface area (Å²) in [5, 5.41) is 2.27. The van der Waals surface area contributed by atoms with Gasteiger partial charge in [0.25, 0.3) is 0 Å². The van der Waals surface area contributed by atoms with Gasteiger partial charge in [-0.2, -0.15) is 0 Å². The van der Waals surface area contributed by atoms with Gasteiger partial charge in [-0.15, -0.1) is 0 Å². The van der Waals surface area contributed by atoms with Crippen LogP contribution in [0.3, 0.4) is 0 Å². The maximum atomic E-state index is 11.0. The van der Waals surface area contributed by atoms with Gasteiger partial charge < -0.3 is 10.2 Å². The first kappa shape index (κ1) is 13.9. The zero-order valence-corrected chi connectivity index (χ0v) is 12.2. The molecule has 1 amide bonds. The molecular weight excluding hydrogens is 262 g/mol. The van der Waals surface area contributed by atoms with Crippen LogP contribution in [0.4, 0.5) is 10.5 Å². The Balaban J connectivity index is 2.28. The van der Waals surface area contributed by atoms with Crippen LogP contribution in [0.15, 0.2) is 23.2 Å². The molecular formula is C14H18ClN3O. The van der Waals surface area contributed by atoms with Crippen LogP contribution in [-0.4, -0.2) is 30.2 Å². The smallest absolute Gasteiger partial charge is 0.314 e. The molecule has 5 heteroatoms. The number of rotatable bonds is 2. The van der Waals surface area contributed by atoms with E-state index in [1.165, 1.54) is 5.56 Å². The minimum atomic E-state index is -0.503. The quantitative estimate of drug-likeness (QED) is 0.391. The Kier molecular flexibility index (Phi) is 4.10. The van der Waals surface area contributed by atoms with E-state index in [9.17, 15) is 4.79 Å². The van der Waals surface area contributed by atoms with Gasteiger partial charge in [-0.25, -0.2) is 4.99 Å². The van der Waals surface area contributed by atoms with Gasteiger partial charge in [0.2, 0.25) is 0 Å². The Morgan fingerprint density at radius 2 is 2.21 bits per heavy atom. The van der Waals surface area contributed by atoms with Crippen molar-refractivity contribution in [3.8, 4) is 0 Å². The third kappa shape index (κ3) is 3.26. The topological polar surface area (TPSA) is 44.7 Å². The van der Waals surface area contributed by atoms with Gasteiger partial charge in [-0.3, -0.25) is 4.79 Å². The molecule has 1 aromatic rings. The average molecular weight is 280 g/mol. The number of nitrogens with one attached hydrogen (secondary N) is 1. The third-order valence-corrected chi connectivity index (χ3v) is 3.54. The minimum Gasteiger partial charge on any atom is -0.366 e. The molecule has 1 unspecified atom stereocenters. The first-order valence-corrected chi connectivity index (χ1v) is 6.66. The number of hydrogen-bond donors (Lipinski definition) is 1. The number of fused-ring (bicyclic) bond motifs is 1. The standard InChI is InChI=1S/C14H18ClN3O/c1-9(18(2)3)16-11-6-4-10-5-7-13(12(10)8-11)17-14(15)19/h4,6,8,13H,5,7H2,1-3H3,(H,17,19). The number of carbonyl (C=O) groups excluding carboxylic acids is 1. The molecule has 0 fully saturated rings. The van der Waals surface area contributed by atoms with E-state index in [-0.39, 0.29) is 6.04 Å². The Bertz CT molecular complexity index is 525. The molecule has 1 aliphatic rings. The summed E-state index contributed by atoms with van der Waals surface area (Å²) in [5.74, 6) is 0.941. The van der Waals surface area contributed by atoms with E-state index in [4.69, 9.17) is 11.6 Å². The maximum Gasteiger partial charge on any atom is 0.314 e. The van der Waals surface area contributed by atoms with Crippen molar-refractivity contribution in [2.24, 2.45) is 4.99 Å². The summed E-state index contributed by atoms with van der Waals surface area (Å²) in [5.41, 5.74) is 3.29. The zero-order chi connectivity index (χ0) is 14.0. The van der Waals surface area contributed by atoms with Gasteiger partial charge in [0.1, 0.15) is 5.84 Å². The highest BCUT2D eigenvalue weighted by molar-refractivity contribution is 6.62. The molecule has 0 saturated heterocycles. The van der Waals surface area contributed by atoms with Gasteiger partial charge in [-0.05, 0) is 54.6 Å². The molecule has 0 radical (unpaired) electrons. The minimum absolute atomic E-state index is 0.00909. The fourth-order valence-corrected chi connectivity index (χ4v) is 2.36. The first-order chi connectivity index (χ1) is 8.97. The Hall–Kier alpha value is -1.55. The van der Waals surface area contributed by atoms with E-state index in [1.54, 1.807) is 0 Å². The van der Waals surface area contributed by atoms with Gasteiger partial charge >= 0.3 is 5.37 Å². The molecule has 1 N–H and O–H groups in total. The van der Waals surface area contributed by atoms with Crippen LogP contribution in [0.2, 0.25) is 0 Å². The second-order valence-electron chi connectivity index (χ2n) is 4.95. The van der Waals surface area contributed by atoms with Crippen molar-refractivity contribution in [1.82, 2.24) is 10.2 Å². The van der Waals surface area contributed by atoms with Crippen molar-refractivity contribution in [3.63, 3.8) is 0 Å². The highest BCUT2D eigenvalue weighted by Gasteiger charge is 2.23. The lowest BCUT2D eigenvalue weighted by atomic mass is 10.1. The summed E-state index contributed by atoms with van der Waals surface area (Å²) < 4.78 is 0. The van der Waals surface area contributed by atoms with Gasteiger partial charge in [0.05, 0.1) is 11.7 Å². The SMILES string of the molecule is CC(=Nc1ccc2c(c1)C(NC(=O)Cl)CC2)N(C)C. The number of nitrogens with zero attached hydrogens (tertiary/aromatic N) is 2. The Morgan fingerprint density at radius 3 is 2.84 bits per heavy atom. The lowest BCUT2D eigenvalue weighted by molar-refractivity contribution is 0.256. The van der Waals surface area contributed by atoms with Crippen molar-refractivity contribution in [2.45, 2.75) is 25.8 Å². The number of amides is 1. The molecule has 0 bridgehead atoms. The Morgan fingerprint density at radius 1 is 1.47 bits per heavy atom. The number of aliphatic imine (C=N–C) groups is 1. The number of hydrogen-bond acceptors (Lipinski definition) is 2. The highest BCUT2D eigenvalue weighted by Crippen LogP contribution is 2.34. The molecule has 19 heavy (non-hydrogen) atoms. The third-order valence-electron chi connectivity index (χ3n) is 3.43. The Labute approximate surface area is 118 Å². The predicted octanol–water partition coefficient (Wildman–Crippen LogP) is 3.23. The number of halogens is 1. The lowest BCUT2D eigenvalue weighted by Crippen LogP contribution is -2.21. The average Bonchev–Trinajstić information content (AvgIpc) is 2.71. The lowest BCUT2D eigenvalue weighted by Gasteiger charge is -2.13. The molecule has 0 saturated carbocycles. The maximum absolute atomic E-state index is 11.0. The fourth-order valence-electron chi connectivity index (χ4n) is 2.23. The molecule has 1 aromatic carbocycles. The largest absolute Gasteiger partial charge is 0.366 e. The van der Waals surface area contributed by atoms with Crippen LogP contribution in [0.25, 0.3) is 0 Å². The monoisotopic (exact) mass is 279 g/mol.